The summed E-state index contributed by atoms with van der Waals surface area (Å²) in [4.78, 5) is 77.9. The highest BCUT2D eigenvalue weighted by molar-refractivity contribution is 8.22. The molecule has 9 N–H and O–H groups in total. The summed E-state index contributed by atoms with van der Waals surface area (Å²) in [6.07, 6.45) is 6.11. The van der Waals surface area contributed by atoms with Gasteiger partial charge in [0.2, 0.25) is 6.29 Å². The Labute approximate surface area is 730 Å². The number of rotatable bonds is 18. The van der Waals surface area contributed by atoms with E-state index in [1.165, 1.54) is 130 Å². The van der Waals surface area contributed by atoms with Gasteiger partial charge in [-0.25, -0.2) is 50.0 Å². The van der Waals surface area contributed by atoms with Crippen molar-refractivity contribution in [3.8, 4) is 5.75 Å². The van der Waals surface area contributed by atoms with Gasteiger partial charge in [-0.05, 0) is 146 Å². The van der Waals surface area contributed by atoms with Crippen molar-refractivity contribution >= 4 is 175 Å². The Kier molecular flexibility index (Phi) is 29.0. The molecule has 646 valence electrons. The summed E-state index contributed by atoms with van der Waals surface area (Å²) in [6.45, 7) is 10.8. The Morgan fingerprint density at radius 3 is 1.50 bits per heavy atom. The summed E-state index contributed by atoms with van der Waals surface area (Å²) in [5, 5.41) is 43.9. The van der Waals surface area contributed by atoms with E-state index in [9.17, 15) is 73.7 Å². The number of carbonyl (C=O) groups excluding carboxylic acids is 5. The van der Waals surface area contributed by atoms with Gasteiger partial charge in [0, 0.05) is 94.2 Å². The zero-order chi connectivity index (χ0) is 89.9. The van der Waals surface area contributed by atoms with Crippen molar-refractivity contribution < 1.29 is 92.6 Å². The van der Waals surface area contributed by atoms with Crippen molar-refractivity contribution in [3.63, 3.8) is 0 Å². The standard InChI is InChI=1S/C22H26BNO.C20H21N3O7S.C15H15N3O4S.C13H10ClN3O4S2.C13H11N3O4S2/c1-5-15(2)12-20-16(3)24(14-17-6-8-18(23)9-7-17)22-11-10-19(25-4)13-21(20)22;1-4-28-20(25)30-13(2)29-18-14-9-5-6-10-15(14)31(26,27)23(3)17(18)19(24)22-16-11-7-8-12-21-16;1-18-13(15(20)17-12-8-4-5-9-16-12)14(19)10-6-2-3-7-11(10)23(18,21)22;1-17-10(13(19)16-9-4-2-3-5-15-9)11(18)12-7(23(17,20)21)6-8(14)22-12;1-16-10(13(18)15-9-4-2-3-6-14-9)11(17)12-8(5-7-21-12)22(16,19)20/h6-11,13,15H,5,12,14H2,1-4H3;5-13H,4H2,1-3H3,(H,21,22,24);2-9,19,21-22H,1H3,(H,16,17,20);2-6,18H,1H3,(H,15,16,19);2-7,17H,1H3,(H,14,15,18). The second-order valence-corrected chi connectivity index (χ2v) is 37.6. The van der Waals surface area contributed by atoms with Gasteiger partial charge >= 0.3 is 6.16 Å². The molecular weight excluding hydrogens is 1740 g/mol. The molecule has 4 aromatic carbocycles. The topological polar surface area (TPSA) is 443 Å². The highest BCUT2D eigenvalue weighted by atomic mass is 35.5. The Morgan fingerprint density at radius 2 is 1.00 bits per heavy atom. The van der Waals surface area contributed by atoms with E-state index >= 15 is 0 Å². The average Bonchev–Trinajstić information content (AvgIpc) is 0.911. The van der Waals surface area contributed by atoms with Gasteiger partial charge in [0.25, 0.3) is 53.7 Å². The molecule has 2 radical (unpaired) electrons. The number of nitrogens with one attached hydrogen (secondary N) is 4. The van der Waals surface area contributed by atoms with Crippen LogP contribution in [-0.4, -0.2) is 177 Å². The molecule has 124 heavy (non-hydrogen) atoms. The quantitative estimate of drug-likeness (QED) is 0.0219. The van der Waals surface area contributed by atoms with E-state index < -0.39 is 82.7 Å². The van der Waals surface area contributed by atoms with E-state index in [2.05, 4.69) is 90.8 Å². The fourth-order valence-electron chi connectivity index (χ4n) is 12.8. The zero-order valence-corrected chi connectivity index (χ0v) is 73.6. The van der Waals surface area contributed by atoms with E-state index in [0.717, 1.165) is 64.1 Å². The number of carbonyl (C=O) groups is 5. The van der Waals surface area contributed by atoms with Crippen LogP contribution in [-0.2, 0) is 76.4 Å². The van der Waals surface area contributed by atoms with Crippen LogP contribution in [0.5, 0.6) is 5.75 Å². The number of methoxy groups -OCH3 is 1. The van der Waals surface area contributed by atoms with Crippen LogP contribution >= 0.6 is 45.1 Å². The van der Waals surface area contributed by atoms with Gasteiger partial charge in [0.05, 0.1) is 37.6 Å². The number of halogens is 1. The number of pyridine rings is 4. The summed E-state index contributed by atoms with van der Waals surface area (Å²) in [7, 11) is -2.70. The lowest BCUT2D eigenvalue weighted by atomic mass is 9.95. The van der Waals surface area contributed by atoms with E-state index in [0.29, 0.717) is 11.7 Å². The summed E-state index contributed by atoms with van der Waals surface area (Å²) >= 11 is 7.78. The van der Waals surface area contributed by atoms with Crippen LogP contribution in [0.1, 0.15) is 71.8 Å². The van der Waals surface area contributed by atoms with Gasteiger partial charge in [-0.15, -0.1) is 22.7 Å². The highest BCUT2D eigenvalue weighted by Gasteiger charge is 2.44. The minimum absolute atomic E-state index is 0.00751. The molecule has 11 heterocycles. The first-order valence-corrected chi connectivity index (χ1v) is 45.3. The third-order valence-corrected chi connectivity index (χ3v) is 29.0. The number of anilines is 4. The van der Waals surface area contributed by atoms with Crippen molar-refractivity contribution in [2.75, 3.05) is 63.2 Å². The molecular formula is C83H83BClN13O20S6. The van der Waals surface area contributed by atoms with Crippen LogP contribution in [0.15, 0.2) is 248 Å². The Bertz CT molecular complexity index is 6350. The molecule has 4 amide bonds. The maximum absolute atomic E-state index is 13.1. The molecule has 33 nitrogen and oxygen atoms in total. The Balaban J connectivity index is 0.000000152. The molecule has 41 heteroatoms. The molecule has 0 spiro atoms. The van der Waals surface area contributed by atoms with Gasteiger partial charge in [0.15, 0.2) is 45.8 Å². The monoisotopic (exact) mass is 1820 g/mol. The first kappa shape index (κ1) is 91.9. The minimum Gasteiger partial charge on any atom is -0.505 e. The highest BCUT2D eigenvalue weighted by Crippen LogP contribution is 2.58. The minimum atomic E-state index is -4.03. The van der Waals surface area contributed by atoms with E-state index in [1.54, 1.807) is 116 Å². The number of likely N-dealkylation sites (N-methyl/N-ethyl adjacent to an activating group) is 4. The van der Waals surface area contributed by atoms with Crippen molar-refractivity contribution in [2.24, 2.45) is 5.92 Å². The van der Waals surface area contributed by atoms with Crippen LogP contribution in [0.3, 0.4) is 0 Å². The van der Waals surface area contributed by atoms with Crippen molar-refractivity contribution in [3.05, 3.63) is 271 Å². The van der Waals surface area contributed by atoms with Gasteiger partial charge in [0.1, 0.15) is 46.7 Å². The van der Waals surface area contributed by atoms with Crippen LogP contribution in [0.2, 0.25) is 4.34 Å². The lowest BCUT2D eigenvalue weighted by molar-refractivity contribution is -0.114. The third-order valence-electron chi connectivity index (χ3n) is 19.3. The summed E-state index contributed by atoms with van der Waals surface area (Å²) < 4.78 is 123. The number of fused-ring (bicyclic) bond motifs is 5. The molecule has 0 saturated carbocycles. The number of benzene rings is 4. The maximum atomic E-state index is 13.1. The third kappa shape index (κ3) is 19.9. The molecule has 4 aliphatic heterocycles. The van der Waals surface area contributed by atoms with E-state index in [4.69, 9.17) is 38.4 Å². The Morgan fingerprint density at radius 1 is 0.540 bits per heavy atom. The summed E-state index contributed by atoms with van der Waals surface area (Å²) in [5.74, 6) is -1.59. The summed E-state index contributed by atoms with van der Waals surface area (Å²) in [6, 6.07) is 49.3. The van der Waals surface area contributed by atoms with Gasteiger partial charge in [-0.1, -0.05) is 121 Å². The van der Waals surface area contributed by atoms with Gasteiger partial charge in [-0.2, -0.15) is 0 Å². The van der Waals surface area contributed by atoms with Crippen molar-refractivity contribution in [1.82, 2.24) is 41.7 Å². The number of nitrogens with zero attached hydrogens (tertiary/aromatic N) is 9. The molecule has 2 atom stereocenters. The fraction of sp³-hybridized carbons (Fsp3) is 0.193. The predicted molar refractivity (Wildman–Crippen MR) is 473 cm³/mol. The molecule has 11 aromatic rings. The molecule has 15 rings (SSSR count). The fourth-order valence-corrected chi connectivity index (χ4v) is 21.1. The first-order valence-electron chi connectivity index (χ1n) is 37.4. The van der Waals surface area contributed by atoms with E-state index in [1.807, 2.05) is 18.2 Å². The summed E-state index contributed by atoms with van der Waals surface area (Å²) in [5.41, 5.74) is 5.27. The second-order valence-electron chi connectivity index (χ2n) is 27.2. The molecule has 4 aliphatic rings. The number of thiophene rings is 2. The number of aliphatic hydroxyl groups is 3. The van der Waals surface area contributed by atoms with Crippen LogP contribution in [0, 0.1) is 12.8 Å². The molecule has 0 fully saturated rings. The molecule has 0 saturated heterocycles. The largest absolute Gasteiger partial charge is 0.511 e. The van der Waals surface area contributed by atoms with Gasteiger partial charge < -0.3 is 60.1 Å². The maximum Gasteiger partial charge on any atom is 0.511 e. The van der Waals surface area contributed by atoms with E-state index in [-0.39, 0.29) is 109 Å². The van der Waals surface area contributed by atoms with Crippen molar-refractivity contribution in [1.29, 1.82) is 0 Å². The molecule has 0 bridgehead atoms. The number of hydrogen-bond acceptors (Lipinski definition) is 27. The average molecular weight is 1820 g/mol. The number of aliphatic hydroxyl groups excluding tert-OH is 3. The lowest BCUT2D eigenvalue weighted by Crippen LogP contribution is -2.38. The number of ether oxygens (including phenoxy) is 4. The number of amides is 4. The number of sulfonamides is 3. The number of hydrogen-bond donors (Lipinski definition) is 9. The van der Waals surface area contributed by atoms with Gasteiger partial charge in [-0.3, -0.25) is 45.5 Å². The molecule has 2 unspecified atom stereocenters. The Hall–Kier alpha value is -12.8. The SMILES string of the molecule is CCOC(=O)OC(C)OC1=C(C(=O)Nc2ccccn2)N(C)S(=O)(=O)c2ccccc21.CN1C(C(=O)Nc2ccccn2)=C(O)c2ccccc2S1(O)O.CN1C(C(=O)Nc2ccccn2)=C(O)c2sc(Cl)cc2S1(=O)=O.CN1C(C(=O)Nc2ccccn2)=C(O)c2sccc2S1(=O)=O.[B]c1ccc(Cn2c(C)c(CC(C)CC)c3cc(OC)ccc32)cc1. The van der Waals surface area contributed by atoms with Crippen LogP contribution in [0.25, 0.3) is 33.9 Å². The number of aromatic nitrogens is 5. The van der Waals surface area contributed by atoms with Crippen LogP contribution < -0.4 is 31.5 Å². The normalized spacial score (nSPS) is 15.5. The zero-order valence-electron chi connectivity index (χ0n) is 67.9. The van der Waals surface area contributed by atoms with Crippen molar-refractivity contribution in [2.45, 2.75) is 79.9 Å². The second kappa shape index (κ2) is 39.2. The lowest BCUT2D eigenvalue weighted by Gasteiger charge is -2.46. The molecule has 7 aromatic heterocycles. The predicted octanol–water partition coefficient (Wildman–Crippen LogP) is 13.8. The molecule has 0 aliphatic carbocycles. The van der Waals surface area contributed by atoms with Crippen LogP contribution in [0.4, 0.5) is 28.1 Å². The first-order chi connectivity index (χ1) is 59.0. The smallest absolute Gasteiger partial charge is 0.505 e.